The molecule has 0 saturated heterocycles. The summed E-state index contributed by atoms with van der Waals surface area (Å²) >= 11 is 0. The molecule has 0 spiro atoms. The molecule has 1 nitrogen and oxygen atoms in total. The van der Waals surface area contributed by atoms with Gasteiger partial charge in [0.1, 0.15) is 0 Å². The Balaban J connectivity index is 1.37. The number of para-hydroxylation sites is 2. The molecular weight excluding hydrogens is 482 g/mol. The smallest absolute Gasteiger partial charge is 0.0462 e. The van der Waals surface area contributed by atoms with E-state index in [0.29, 0.717) is 0 Å². The van der Waals surface area contributed by atoms with Crippen molar-refractivity contribution in [3.8, 4) is 11.1 Å². The monoisotopic (exact) mass is 509 g/mol. The van der Waals surface area contributed by atoms with E-state index in [0.717, 1.165) is 17.1 Å². The highest BCUT2D eigenvalue weighted by atomic mass is 15.1. The Kier molecular flexibility index (Phi) is 5.11. The summed E-state index contributed by atoms with van der Waals surface area (Å²) in [5.74, 6) is 0. The Hall–Kier alpha value is -5.14. The van der Waals surface area contributed by atoms with Crippen LogP contribution in [0.15, 0.2) is 146 Å². The molecule has 0 unspecified atom stereocenters. The molecule has 0 aliphatic heterocycles. The van der Waals surface area contributed by atoms with Crippen molar-refractivity contribution in [1.82, 2.24) is 0 Å². The molecule has 0 radical (unpaired) electrons. The molecule has 0 N–H and O–H groups in total. The van der Waals surface area contributed by atoms with Crippen LogP contribution in [-0.4, -0.2) is 0 Å². The average Bonchev–Trinajstić information content (AvgIpc) is 3.02. The molecular formula is C39H27N. The van der Waals surface area contributed by atoms with Crippen molar-refractivity contribution in [3.63, 3.8) is 0 Å². The number of hydrogen-bond acceptors (Lipinski definition) is 1. The van der Waals surface area contributed by atoms with E-state index < -0.39 is 0 Å². The maximum absolute atomic E-state index is 2.31. The maximum Gasteiger partial charge on any atom is 0.0462 e. The Morgan fingerprint density at radius 2 is 0.925 bits per heavy atom. The molecule has 0 aromatic heterocycles. The van der Waals surface area contributed by atoms with E-state index in [9.17, 15) is 0 Å². The first-order valence-electron chi connectivity index (χ1n) is 13.9. The molecule has 0 aliphatic rings. The standard InChI is InChI=1S/C39H27N/c1-26-16-23-36-34-14-8-9-15-35(34)39-33(25-20-28-19-24-32(26)38(36)37(28)39)27-17-21-31(22-18-27)40(29-10-4-2-5-11-29)30-12-6-3-7-13-30/h2-25H,1H3. The number of hydrogen-bond donors (Lipinski definition) is 0. The summed E-state index contributed by atoms with van der Waals surface area (Å²) in [5.41, 5.74) is 7.25. The number of rotatable bonds is 4. The fourth-order valence-electron chi connectivity index (χ4n) is 6.48. The fraction of sp³-hybridized carbons (Fsp3) is 0.0256. The summed E-state index contributed by atoms with van der Waals surface area (Å²) in [4.78, 5) is 2.31. The van der Waals surface area contributed by atoms with Crippen LogP contribution in [0.5, 0.6) is 0 Å². The Morgan fingerprint density at radius 1 is 0.375 bits per heavy atom. The van der Waals surface area contributed by atoms with E-state index in [-0.39, 0.29) is 0 Å². The Morgan fingerprint density at radius 3 is 1.62 bits per heavy atom. The van der Waals surface area contributed by atoms with Gasteiger partial charge in [-0.2, -0.15) is 0 Å². The van der Waals surface area contributed by atoms with Crippen LogP contribution in [0.25, 0.3) is 54.2 Å². The molecule has 8 aromatic carbocycles. The first-order valence-corrected chi connectivity index (χ1v) is 13.9. The highest BCUT2D eigenvalue weighted by Gasteiger charge is 2.18. The van der Waals surface area contributed by atoms with Crippen molar-refractivity contribution in [3.05, 3.63) is 151 Å². The second-order valence-corrected chi connectivity index (χ2v) is 10.6. The lowest BCUT2D eigenvalue weighted by Crippen LogP contribution is -2.09. The molecule has 188 valence electrons. The molecule has 0 saturated carbocycles. The van der Waals surface area contributed by atoms with Gasteiger partial charge in [0.2, 0.25) is 0 Å². The van der Waals surface area contributed by atoms with Gasteiger partial charge in [-0.1, -0.05) is 109 Å². The van der Waals surface area contributed by atoms with Crippen LogP contribution in [0.2, 0.25) is 0 Å². The van der Waals surface area contributed by atoms with Crippen LogP contribution in [0.4, 0.5) is 17.1 Å². The van der Waals surface area contributed by atoms with E-state index >= 15 is 0 Å². The van der Waals surface area contributed by atoms with Crippen LogP contribution in [0.3, 0.4) is 0 Å². The lowest BCUT2D eigenvalue weighted by Gasteiger charge is -2.25. The Labute approximate surface area is 233 Å². The van der Waals surface area contributed by atoms with Gasteiger partial charge < -0.3 is 4.90 Å². The first-order chi connectivity index (χ1) is 19.8. The highest BCUT2D eigenvalue weighted by Crippen LogP contribution is 2.45. The van der Waals surface area contributed by atoms with E-state index in [1.165, 1.54) is 59.8 Å². The van der Waals surface area contributed by atoms with Crippen molar-refractivity contribution in [1.29, 1.82) is 0 Å². The largest absolute Gasteiger partial charge is 0.311 e. The van der Waals surface area contributed by atoms with Crippen LogP contribution < -0.4 is 4.90 Å². The van der Waals surface area contributed by atoms with Crippen LogP contribution >= 0.6 is 0 Å². The van der Waals surface area contributed by atoms with Crippen LogP contribution in [-0.2, 0) is 0 Å². The highest BCUT2D eigenvalue weighted by molar-refractivity contribution is 6.36. The van der Waals surface area contributed by atoms with Gasteiger partial charge in [0, 0.05) is 17.1 Å². The van der Waals surface area contributed by atoms with Crippen molar-refractivity contribution >= 4 is 60.2 Å². The van der Waals surface area contributed by atoms with Gasteiger partial charge in [-0.05, 0) is 103 Å². The molecule has 0 bridgehead atoms. The lowest BCUT2D eigenvalue weighted by molar-refractivity contribution is 1.28. The molecule has 0 amide bonds. The van der Waals surface area contributed by atoms with Crippen LogP contribution in [0.1, 0.15) is 5.56 Å². The van der Waals surface area contributed by atoms with Gasteiger partial charge in [-0.3, -0.25) is 0 Å². The summed E-state index contributed by atoms with van der Waals surface area (Å²) < 4.78 is 0. The lowest BCUT2D eigenvalue weighted by atomic mass is 9.85. The zero-order chi connectivity index (χ0) is 26.6. The number of benzene rings is 8. The quantitative estimate of drug-likeness (QED) is 0.168. The van der Waals surface area contributed by atoms with Gasteiger partial charge in [0.05, 0.1) is 0 Å². The maximum atomic E-state index is 2.31. The molecule has 8 aromatic rings. The van der Waals surface area contributed by atoms with Crippen molar-refractivity contribution < 1.29 is 0 Å². The third-order valence-corrected chi connectivity index (χ3v) is 8.33. The second-order valence-electron chi connectivity index (χ2n) is 10.6. The normalized spacial score (nSPS) is 11.6. The Bertz CT molecular complexity index is 2100. The summed E-state index contributed by atoms with van der Waals surface area (Å²) in [6, 6.07) is 52.9. The third-order valence-electron chi connectivity index (χ3n) is 8.33. The minimum atomic E-state index is 1.14. The SMILES string of the molecule is Cc1ccc2c3ccccc3c3c(-c4ccc(N(c5ccccc5)c5ccccc5)cc4)ccc4ccc1c2c43. The minimum absolute atomic E-state index is 1.14. The molecule has 0 atom stereocenters. The number of fused-ring (bicyclic) bond motifs is 3. The molecule has 40 heavy (non-hydrogen) atoms. The molecule has 0 aliphatic carbocycles. The minimum Gasteiger partial charge on any atom is -0.311 e. The van der Waals surface area contributed by atoms with E-state index in [4.69, 9.17) is 0 Å². The van der Waals surface area contributed by atoms with Gasteiger partial charge >= 0.3 is 0 Å². The van der Waals surface area contributed by atoms with Crippen molar-refractivity contribution in [2.24, 2.45) is 0 Å². The third kappa shape index (κ3) is 3.41. The zero-order valence-corrected chi connectivity index (χ0v) is 22.3. The molecule has 0 fully saturated rings. The van der Waals surface area contributed by atoms with Crippen LogP contribution in [0, 0.1) is 6.92 Å². The van der Waals surface area contributed by atoms with Crippen molar-refractivity contribution in [2.45, 2.75) is 6.92 Å². The van der Waals surface area contributed by atoms with E-state index in [1.54, 1.807) is 0 Å². The summed E-state index contributed by atoms with van der Waals surface area (Å²) in [6.07, 6.45) is 0. The topological polar surface area (TPSA) is 3.24 Å². The predicted octanol–water partition coefficient (Wildman–Crippen LogP) is 11.2. The van der Waals surface area contributed by atoms with Gasteiger partial charge in [-0.15, -0.1) is 0 Å². The average molecular weight is 510 g/mol. The number of aryl methyl sites for hydroxylation is 1. The van der Waals surface area contributed by atoms with E-state index in [1.807, 2.05) is 0 Å². The summed E-state index contributed by atoms with van der Waals surface area (Å²) in [7, 11) is 0. The first kappa shape index (κ1) is 22.8. The van der Waals surface area contributed by atoms with Gasteiger partial charge in [0.15, 0.2) is 0 Å². The van der Waals surface area contributed by atoms with E-state index in [2.05, 4.69) is 157 Å². The summed E-state index contributed by atoms with van der Waals surface area (Å²) in [5, 5.41) is 10.7. The second kappa shape index (κ2) is 8.97. The van der Waals surface area contributed by atoms with Gasteiger partial charge in [-0.25, -0.2) is 0 Å². The zero-order valence-electron chi connectivity index (χ0n) is 22.3. The molecule has 0 heterocycles. The molecule has 8 rings (SSSR count). The number of anilines is 3. The van der Waals surface area contributed by atoms with Gasteiger partial charge in [0.25, 0.3) is 0 Å². The fourth-order valence-corrected chi connectivity index (χ4v) is 6.48. The predicted molar refractivity (Wildman–Crippen MR) is 173 cm³/mol. The molecule has 1 heteroatoms. The summed E-state index contributed by atoms with van der Waals surface area (Å²) in [6.45, 7) is 2.22. The number of nitrogens with zero attached hydrogens (tertiary/aromatic N) is 1. The van der Waals surface area contributed by atoms with Crippen molar-refractivity contribution in [2.75, 3.05) is 4.90 Å².